The van der Waals surface area contributed by atoms with Crippen molar-refractivity contribution in [3.05, 3.63) is 17.7 Å². The molecule has 0 aliphatic carbocycles. The van der Waals surface area contributed by atoms with E-state index in [0.29, 0.717) is 23.7 Å². The SMILES string of the molecule is CCN(CCO)Cc1cc(N)c(OC)c(OC)c1. The summed E-state index contributed by atoms with van der Waals surface area (Å²) in [5.74, 6) is 1.19. The number of nitrogen functional groups attached to an aromatic ring is 1. The van der Waals surface area contributed by atoms with Crippen LogP contribution in [0.3, 0.4) is 0 Å². The topological polar surface area (TPSA) is 68.0 Å². The predicted octanol–water partition coefficient (Wildman–Crippen LogP) is 1.10. The van der Waals surface area contributed by atoms with Crippen LogP contribution in [0.2, 0.25) is 0 Å². The first-order valence-corrected chi connectivity index (χ1v) is 5.99. The van der Waals surface area contributed by atoms with Crippen molar-refractivity contribution in [3.8, 4) is 11.5 Å². The molecule has 0 aliphatic heterocycles. The lowest BCUT2D eigenvalue weighted by atomic mass is 10.1. The third-order valence-corrected chi connectivity index (χ3v) is 2.84. The van der Waals surface area contributed by atoms with E-state index < -0.39 is 0 Å². The quantitative estimate of drug-likeness (QED) is 0.713. The van der Waals surface area contributed by atoms with Crippen molar-refractivity contribution in [2.45, 2.75) is 13.5 Å². The van der Waals surface area contributed by atoms with Gasteiger partial charge in [0.15, 0.2) is 11.5 Å². The number of nitrogens with two attached hydrogens (primary N) is 1. The van der Waals surface area contributed by atoms with Crippen molar-refractivity contribution in [1.82, 2.24) is 4.90 Å². The van der Waals surface area contributed by atoms with E-state index in [2.05, 4.69) is 11.8 Å². The van der Waals surface area contributed by atoms with Crippen molar-refractivity contribution in [2.24, 2.45) is 0 Å². The van der Waals surface area contributed by atoms with Crippen molar-refractivity contribution >= 4 is 5.69 Å². The first-order chi connectivity index (χ1) is 8.65. The van der Waals surface area contributed by atoms with Crippen molar-refractivity contribution in [2.75, 3.05) is 39.6 Å². The van der Waals surface area contributed by atoms with E-state index in [9.17, 15) is 0 Å². The Morgan fingerprint density at radius 1 is 1.28 bits per heavy atom. The van der Waals surface area contributed by atoms with Gasteiger partial charge in [0, 0.05) is 13.1 Å². The molecule has 0 spiro atoms. The molecule has 5 nitrogen and oxygen atoms in total. The summed E-state index contributed by atoms with van der Waals surface area (Å²) in [5, 5.41) is 8.97. The number of methoxy groups -OCH3 is 2. The molecular formula is C13H22N2O3. The van der Waals surface area contributed by atoms with E-state index in [1.54, 1.807) is 14.2 Å². The second kappa shape index (κ2) is 7.08. The van der Waals surface area contributed by atoms with Crippen LogP contribution in [0.4, 0.5) is 5.69 Å². The zero-order valence-electron chi connectivity index (χ0n) is 11.3. The Morgan fingerprint density at radius 3 is 2.50 bits per heavy atom. The van der Waals surface area contributed by atoms with Gasteiger partial charge in [0.2, 0.25) is 0 Å². The first kappa shape index (κ1) is 14.6. The van der Waals surface area contributed by atoms with E-state index in [1.165, 1.54) is 0 Å². The molecule has 102 valence electrons. The smallest absolute Gasteiger partial charge is 0.183 e. The van der Waals surface area contributed by atoms with Gasteiger partial charge < -0.3 is 20.3 Å². The van der Waals surface area contributed by atoms with Gasteiger partial charge in [0.25, 0.3) is 0 Å². The van der Waals surface area contributed by atoms with Crippen LogP contribution < -0.4 is 15.2 Å². The summed E-state index contributed by atoms with van der Waals surface area (Å²) in [7, 11) is 3.16. The Kier molecular flexibility index (Phi) is 5.74. The second-order valence-corrected chi connectivity index (χ2v) is 4.01. The van der Waals surface area contributed by atoms with Gasteiger partial charge in [-0.15, -0.1) is 0 Å². The average Bonchev–Trinajstić information content (AvgIpc) is 2.37. The number of hydrogen-bond acceptors (Lipinski definition) is 5. The summed E-state index contributed by atoms with van der Waals surface area (Å²) in [6, 6.07) is 3.79. The predicted molar refractivity (Wildman–Crippen MR) is 72.0 cm³/mol. The number of likely N-dealkylation sites (N-methyl/N-ethyl adjacent to an activating group) is 1. The summed E-state index contributed by atoms with van der Waals surface area (Å²) in [6.45, 7) is 4.44. The van der Waals surface area contributed by atoms with E-state index in [4.69, 9.17) is 20.3 Å². The van der Waals surface area contributed by atoms with Crippen molar-refractivity contribution in [1.29, 1.82) is 0 Å². The standard InChI is InChI=1S/C13H22N2O3/c1-4-15(5-6-16)9-10-7-11(14)13(18-3)12(8-10)17-2/h7-8,16H,4-6,9,14H2,1-3H3. The number of rotatable bonds is 7. The minimum Gasteiger partial charge on any atom is -0.493 e. The highest BCUT2D eigenvalue weighted by Crippen LogP contribution is 2.34. The number of ether oxygens (including phenoxy) is 2. The third-order valence-electron chi connectivity index (χ3n) is 2.84. The number of benzene rings is 1. The van der Waals surface area contributed by atoms with Crippen LogP contribution in [-0.4, -0.2) is 43.9 Å². The monoisotopic (exact) mass is 254 g/mol. The molecule has 0 fully saturated rings. The number of nitrogens with zero attached hydrogens (tertiary/aromatic N) is 1. The molecule has 0 unspecified atom stereocenters. The molecule has 0 amide bonds. The molecule has 1 rings (SSSR count). The Morgan fingerprint density at radius 2 is 2.00 bits per heavy atom. The molecule has 0 atom stereocenters. The molecule has 18 heavy (non-hydrogen) atoms. The lowest BCUT2D eigenvalue weighted by Gasteiger charge is -2.20. The molecule has 0 aliphatic rings. The van der Waals surface area contributed by atoms with E-state index in [1.807, 2.05) is 12.1 Å². The highest BCUT2D eigenvalue weighted by molar-refractivity contribution is 5.62. The summed E-state index contributed by atoms with van der Waals surface area (Å²) in [4.78, 5) is 2.13. The zero-order chi connectivity index (χ0) is 13.5. The van der Waals surface area contributed by atoms with Crippen LogP contribution in [0, 0.1) is 0 Å². The summed E-state index contributed by atoms with van der Waals surface area (Å²) in [6.07, 6.45) is 0. The lowest BCUT2D eigenvalue weighted by Crippen LogP contribution is -2.26. The summed E-state index contributed by atoms with van der Waals surface area (Å²) >= 11 is 0. The molecular weight excluding hydrogens is 232 g/mol. The number of aliphatic hydroxyl groups excluding tert-OH is 1. The Labute approximate surface area is 108 Å². The number of hydrogen-bond donors (Lipinski definition) is 2. The summed E-state index contributed by atoms with van der Waals surface area (Å²) in [5.41, 5.74) is 7.53. The Hall–Kier alpha value is -1.46. The summed E-state index contributed by atoms with van der Waals surface area (Å²) < 4.78 is 10.5. The molecule has 0 saturated heterocycles. The van der Waals surface area contributed by atoms with Gasteiger partial charge in [-0.2, -0.15) is 0 Å². The fraction of sp³-hybridized carbons (Fsp3) is 0.538. The molecule has 5 heteroatoms. The van der Waals surface area contributed by atoms with Crippen LogP contribution >= 0.6 is 0 Å². The Bertz CT molecular complexity index is 383. The van der Waals surface area contributed by atoms with E-state index in [0.717, 1.165) is 18.7 Å². The highest BCUT2D eigenvalue weighted by atomic mass is 16.5. The minimum absolute atomic E-state index is 0.149. The van der Waals surface area contributed by atoms with E-state index >= 15 is 0 Å². The van der Waals surface area contributed by atoms with Gasteiger partial charge in [-0.05, 0) is 24.2 Å². The molecule has 0 saturated carbocycles. The fourth-order valence-corrected chi connectivity index (χ4v) is 1.89. The lowest BCUT2D eigenvalue weighted by molar-refractivity contribution is 0.196. The average molecular weight is 254 g/mol. The first-order valence-electron chi connectivity index (χ1n) is 5.99. The molecule has 1 aromatic rings. The zero-order valence-corrected chi connectivity index (χ0v) is 11.3. The molecule has 0 heterocycles. The highest BCUT2D eigenvalue weighted by Gasteiger charge is 2.11. The largest absolute Gasteiger partial charge is 0.493 e. The minimum atomic E-state index is 0.149. The molecule has 0 aromatic heterocycles. The van der Waals surface area contributed by atoms with Gasteiger partial charge in [-0.1, -0.05) is 6.92 Å². The van der Waals surface area contributed by atoms with Gasteiger partial charge in [-0.25, -0.2) is 0 Å². The van der Waals surface area contributed by atoms with Crippen LogP contribution in [0.15, 0.2) is 12.1 Å². The molecule has 3 N–H and O–H groups in total. The van der Waals surface area contributed by atoms with Gasteiger partial charge >= 0.3 is 0 Å². The maximum absolute atomic E-state index is 8.97. The molecule has 0 radical (unpaired) electrons. The number of aliphatic hydroxyl groups is 1. The van der Waals surface area contributed by atoms with E-state index in [-0.39, 0.29) is 6.61 Å². The Balaban J connectivity index is 2.93. The fourth-order valence-electron chi connectivity index (χ4n) is 1.89. The van der Waals surface area contributed by atoms with Crippen LogP contribution in [0.1, 0.15) is 12.5 Å². The molecule has 1 aromatic carbocycles. The van der Waals surface area contributed by atoms with Crippen LogP contribution in [0.25, 0.3) is 0 Å². The number of anilines is 1. The third kappa shape index (κ3) is 3.51. The maximum atomic E-state index is 8.97. The molecule has 0 bridgehead atoms. The normalized spacial score (nSPS) is 10.7. The second-order valence-electron chi connectivity index (χ2n) is 4.01. The van der Waals surface area contributed by atoms with Gasteiger partial charge in [-0.3, -0.25) is 4.90 Å². The van der Waals surface area contributed by atoms with Crippen molar-refractivity contribution in [3.63, 3.8) is 0 Å². The van der Waals surface area contributed by atoms with Gasteiger partial charge in [0.1, 0.15) is 0 Å². The van der Waals surface area contributed by atoms with Gasteiger partial charge in [0.05, 0.1) is 26.5 Å². The maximum Gasteiger partial charge on any atom is 0.183 e. The van der Waals surface area contributed by atoms with Crippen molar-refractivity contribution < 1.29 is 14.6 Å². The van der Waals surface area contributed by atoms with Crippen LogP contribution in [-0.2, 0) is 6.54 Å². The van der Waals surface area contributed by atoms with Crippen LogP contribution in [0.5, 0.6) is 11.5 Å².